The molecule has 0 aromatic heterocycles. The van der Waals surface area contributed by atoms with Gasteiger partial charge in [-0.1, -0.05) is 26.0 Å². The van der Waals surface area contributed by atoms with Crippen molar-refractivity contribution in [1.29, 1.82) is 0 Å². The number of aliphatic hydroxyl groups is 1. The van der Waals surface area contributed by atoms with Crippen molar-refractivity contribution in [3.63, 3.8) is 0 Å². The summed E-state index contributed by atoms with van der Waals surface area (Å²) < 4.78 is 48.0. The number of hydrogen-bond acceptors (Lipinski definition) is 5. The van der Waals surface area contributed by atoms with Crippen molar-refractivity contribution in [2.24, 2.45) is 5.92 Å². The Hall–Kier alpha value is -2.35. The van der Waals surface area contributed by atoms with Gasteiger partial charge in [0, 0.05) is 12.0 Å². The van der Waals surface area contributed by atoms with E-state index in [1.807, 2.05) is 0 Å². The van der Waals surface area contributed by atoms with Gasteiger partial charge in [0.1, 0.15) is 6.61 Å². The van der Waals surface area contributed by atoms with Crippen LogP contribution in [0.25, 0.3) is 6.08 Å². The first-order chi connectivity index (χ1) is 12.1. The molecule has 0 spiro atoms. The zero-order valence-corrected chi connectivity index (χ0v) is 14.3. The first-order valence-corrected chi connectivity index (χ1v) is 7.95. The van der Waals surface area contributed by atoms with Gasteiger partial charge in [0.25, 0.3) is 0 Å². The summed E-state index contributed by atoms with van der Waals surface area (Å²) in [7, 11) is 0. The van der Waals surface area contributed by atoms with Gasteiger partial charge in [0.2, 0.25) is 0 Å². The summed E-state index contributed by atoms with van der Waals surface area (Å²) in [5.41, 5.74) is -1.60. The molecule has 142 valence electrons. The Morgan fingerprint density at radius 2 is 1.96 bits per heavy atom. The Morgan fingerprint density at radius 3 is 2.46 bits per heavy atom. The minimum atomic E-state index is -4.44. The van der Waals surface area contributed by atoms with Crippen LogP contribution >= 0.6 is 0 Å². The fraction of sp³-hybridized carbons (Fsp3) is 0.444. The quantitative estimate of drug-likeness (QED) is 0.636. The second-order valence-corrected chi connectivity index (χ2v) is 6.46. The van der Waals surface area contributed by atoms with Crippen molar-refractivity contribution in [3.05, 3.63) is 41.0 Å². The Kier molecular flexibility index (Phi) is 5.75. The average molecular weight is 372 g/mol. The number of alkyl halides is 3. The molecule has 0 radical (unpaired) electrons. The molecule has 0 amide bonds. The Bertz CT molecular complexity index is 707. The molecule has 0 aliphatic carbocycles. The van der Waals surface area contributed by atoms with Gasteiger partial charge >= 0.3 is 18.1 Å². The summed E-state index contributed by atoms with van der Waals surface area (Å²) in [6, 6.07) is 4.30. The molecular weight excluding hydrogens is 353 g/mol. The van der Waals surface area contributed by atoms with E-state index >= 15 is 0 Å². The number of carbonyl (C=O) groups is 2. The van der Waals surface area contributed by atoms with Gasteiger partial charge in [0.15, 0.2) is 5.60 Å². The SMILES string of the molecule is CC(C)C(=O)OCC1(CO)C/C(=C/c2ccc(C(F)(F)F)cc2)C(=O)O1. The van der Waals surface area contributed by atoms with Crippen molar-refractivity contribution in [1.82, 2.24) is 0 Å². The van der Waals surface area contributed by atoms with Crippen LogP contribution in [0.2, 0.25) is 0 Å². The van der Waals surface area contributed by atoms with E-state index in [0.29, 0.717) is 5.56 Å². The van der Waals surface area contributed by atoms with Crippen molar-refractivity contribution in [2.75, 3.05) is 13.2 Å². The smallest absolute Gasteiger partial charge is 0.416 e. The molecule has 1 aliphatic heterocycles. The van der Waals surface area contributed by atoms with Crippen LogP contribution in [-0.2, 0) is 25.2 Å². The molecule has 2 rings (SSSR count). The third-order valence-electron chi connectivity index (χ3n) is 3.90. The topological polar surface area (TPSA) is 72.8 Å². The third-order valence-corrected chi connectivity index (χ3v) is 3.90. The molecule has 1 N–H and O–H groups in total. The number of aliphatic hydroxyl groups excluding tert-OH is 1. The van der Waals surface area contributed by atoms with E-state index in [0.717, 1.165) is 12.1 Å². The highest BCUT2D eigenvalue weighted by Gasteiger charge is 2.44. The maximum absolute atomic E-state index is 12.6. The zero-order valence-electron chi connectivity index (χ0n) is 14.3. The van der Waals surface area contributed by atoms with Crippen LogP contribution in [0.4, 0.5) is 13.2 Å². The number of rotatable bonds is 5. The lowest BCUT2D eigenvalue weighted by Gasteiger charge is -2.24. The average Bonchev–Trinajstić information content (AvgIpc) is 2.89. The van der Waals surface area contributed by atoms with Crippen molar-refractivity contribution >= 4 is 18.0 Å². The van der Waals surface area contributed by atoms with Gasteiger partial charge in [0.05, 0.1) is 18.1 Å². The van der Waals surface area contributed by atoms with E-state index in [1.165, 1.54) is 18.2 Å². The lowest BCUT2D eigenvalue weighted by Crippen LogP contribution is -2.39. The maximum atomic E-state index is 12.6. The Labute approximate surface area is 148 Å². The summed E-state index contributed by atoms with van der Waals surface area (Å²) in [4.78, 5) is 23.6. The molecular formula is C18H19F3O5. The standard InChI is InChI=1S/C18H19F3O5/c1-11(2)15(23)25-10-17(9-22)8-13(16(24)26-17)7-12-3-5-14(6-4-12)18(19,20)21/h3-7,11,22H,8-10H2,1-2H3/b13-7-. The van der Waals surface area contributed by atoms with Gasteiger partial charge < -0.3 is 14.6 Å². The van der Waals surface area contributed by atoms with Gasteiger partial charge in [-0.25, -0.2) is 4.79 Å². The number of halogens is 3. The highest BCUT2D eigenvalue weighted by atomic mass is 19.4. The van der Waals surface area contributed by atoms with Crippen LogP contribution < -0.4 is 0 Å². The van der Waals surface area contributed by atoms with E-state index in [2.05, 4.69) is 0 Å². The molecule has 1 unspecified atom stereocenters. The maximum Gasteiger partial charge on any atom is 0.416 e. The van der Waals surface area contributed by atoms with Crippen LogP contribution in [0, 0.1) is 5.92 Å². The first-order valence-electron chi connectivity index (χ1n) is 7.95. The second-order valence-electron chi connectivity index (χ2n) is 6.46. The Morgan fingerprint density at radius 1 is 1.35 bits per heavy atom. The number of carbonyl (C=O) groups excluding carboxylic acids is 2. The van der Waals surface area contributed by atoms with Gasteiger partial charge in [-0.05, 0) is 23.8 Å². The predicted octanol–water partition coefficient (Wildman–Crippen LogP) is 2.97. The van der Waals surface area contributed by atoms with Crippen LogP contribution in [-0.4, -0.2) is 35.9 Å². The monoisotopic (exact) mass is 372 g/mol. The summed E-state index contributed by atoms with van der Waals surface area (Å²) in [6.45, 7) is 2.44. The van der Waals surface area contributed by atoms with Gasteiger partial charge in [-0.2, -0.15) is 13.2 Å². The predicted molar refractivity (Wildman–Crippen MR) is 85.7 cm³/mol. The van der Waals surface area contributed by atoms with Gasteiger partial charge in [-0.3, -0.25) is 4.79 Å². The van der Waals surface area contributed by atoms with E-state index in [-0.39, 0.29) is 24.5 Å². The van der Waals surface area contributed by atoms with Crippen molar-refractivity contribution in [2.45, 2.75) is 32.0 Å². The molecule has 1 aromatic carbocycles. The Balaban J connectivity index is 2.14. The first kappa shape index (κ1) is 20.0. The van der Waals surface area contributed by atoms with Crippen LogP contribution in [0.15, 0.2) is 29.8 Å². The fourth-order valence-electron chi connectivity index (χ4n) is 2.38. The van der Waals surface area contributed by atoms with E-state index in [4.69, 9.17) is 9.47 Å². The fourth-order valence-corrected chi connectivity index (χ4v) is 2.38. The molecule has 1 aromatic rings. The molecule has 1 aliphatic rings. The van der Waals surface area contributed by atoms with Crippen molar-refractivity contribution in [3.8, 4) is 0 Å². The van der Waals surface area contributed by atoms with E-state index in [1.54, 1.807) is 13.8 Å². The molecule has 0 bridgehead atoms. The van der Waals surface area contributed by atoms with Crippen molar-refractivity contribution < 1.29 is 37.3 Å². The van der Waals surface area contributed by atoms with E-state index < -0.39 is 35.9 Å². The van der Waals surface area contributed by atoms with Crippen LogP contribution in [0.1, 0.15) is 31.4 Å². The number of hydrogen-bond donors (Lipinski definition) is 1. The molecule has 1 heterocycles. The molecule has 26 heavy (non-hydrogen) atoms. The lowest BCUT2D eigenvalue weighted by molar-refractivity contribution is -0.168. The number of cyclic esters (lactones) is 1. The van der Waals surface area contributed by atoms with Gasteiger partial charge in [-0.15, -0.1) is 0 Å². The summed E-state index contributed by atoms with van der Waals surface area (Å²) >= 11 is 0. The molecule has 1 atom stereocenters. The van der Waals surface area contributed by atoms with E-state index in [9.17, 15) is 27.9 Å². The highest BCUT2D eigenvalue weighted by Crippen LogP contribution is 2.33. The minimum Gasteiger partial charge on any atom is -0.461 e. The molecule has 8 heteroatoms. The molecule has 1 fully saturated rings. The highest BCUT2D eigenvalue weighted by molar-refractivity contribution is 5.96. The molecule has 5 nitrogen and oxygen atoms in total. The number of benzene rings is 1. The number of ether oxygens (including phenoxy) is 2. The van der Waals surface area contributed by atoms with Crippen LogP contribution in [0.3, 0.4) is 0 Å². The zero-order chi connectivity index (χ0) is 19.5. The second kappa shape index (κ2) is 7.49. The normalized spacial score (nSPS) is 22.0. The lowest BCUT2D eigenvalue weighted by atomic mass is 9.97. The van der Waals surface area contributed by atoms with Crippen LogP contribution in [0.5, 0.6) is 0 Å². The minimum absolute atomic E-state index is 0.0191. The summed E-state index contributed by atoms with van der Waals surface area (Å²) in [6.07, 6.45) is -3.07. The summed E-state index contributed by atoms with van der Waals surface area (Å²) in [5.74, 6) is -1.57. The molecule has 1 saturated heterocycles. The summed E-state index contributed by atoms with van der Waals surface area (Å²) in [5, 5.41) is 9.57. The third kappa shape index (κ3) is 4.63. The number of esters is 2. The largest absolute Gasteiger partial charge is 0.461 e. The molecule has 0 saturated carbocycles.